The smallest absolute Gasteiger partial charge is 0.310 e. The van der Waals surface area contributed by atoms with Gasteiger partial charge in [0.1, 0.15) is 0 Å². The van der Waals surface area contributed by atoms with Crippen LogP contribution in [0.4, 0.5) is 5.69 Å². The summed E-state index contributed by atoms with van der Waals surface area (Å²) in [7, 11) is 0. The van der Waals surface area contributed by atoms with Crippen LogP contribution in [-0.4, -0.2) is 29.6 Å². The Hall–Kier alpha value is -1.27. The lowest BCUT2D eigenvalue weighted by molar-refractivity contribution is -0.385. The van der Waals surface area contributed by atoms with Crippen molar-refractivity contribution in [1.82, 2.24) is 5.32 Å². The van der Waals surface area contributed by atoms with E-state index in [4.69, 9.17) is 4.74 Å². The highest BCUT2D eigenvalue weighted by molar-refractivity contribution is 7.98. The number of nitrogens with one attached hydrogen (secondary N) is 1. The first-order chi connectivity index (χ1) is 9.70. The third-order valence-electron chi connectivity index (χ3n) is 3.14. The van der Waals surface area contributed by atoms with Gasteiger partial charge in [0.15, 0.2) is 5.75 Å². The molecule has 20 heavy (non-hydrogen) atoms. The highest BCUT2D eigenvalue weighted by atomic mass is 32.2. The van der Waals surface area contributed by atoms with Crippen LogP contribution < -0.4 is 10.1 Å². The lowest BCUT2D eigenvalue weighted by Crippen LogP contribution is -2.15. The molecule has 0 saturated heterocycles. The number of nitro benzene ring substituents is 1. The monoisotopic (exact) mass is 296 g/mol. The Labute approximate surface area is 123 Å². The van der Waals surface area contributed by atoms with Crippen molar-refractivity contribution in [3.8, 4) is 5.75 Å². The highest BCUT2D eigenvalue weighted by Crippen LogP contribution is 2.28. The van der Waals surface area contributed by atoms with Crippen molar-refractivity contribution in [3.05, 3.63) is 33.9 Å². The molecule has 1 aromatic carbocycles. The molecule has 1 fully saturated rings. The van der Waals surface area contributed by atoms with Gasteiger partial charge in [-0.15, -0.1) is 0 Å². The maximum absolute atomic E-state index is 11.0. The molecule has 6 heteroatoms. The van der Waals surface area contributed by atoms with Crippen molar-refractivity contribution >= 4 is 17.4 Å². The van der Waals surface area contributed by atoms with Crippen LogP contribution in [0.1, 0.15) is 24.8 Å². The highest BCUT2D eigenvalue weighted by Gasteiger charge is 2.21. The molecule has 1 aliphatic rings. The first-order valence-corrected chi connectivity index (χ1v) is 8.22. The summed E-state index contributed by atoms with van der Waals surface area (Å²) in [5.41, 5.74) is 1.08. The second kappa shape index (κ2) is 7.50. The Morgan fingerprint density at radius 3 is 2.95 bits per heavy atom. The molecule has 0 aliphatic heterocycles. The molecule has 1 aromatic rings. The normalized spacial score (nSPS) is 14.2. The van der Waals surface area contributed by atoms with E-state index in [-0.39, 0.29) is 10.6 Å². The van der Waals surface area contributed by atoms with E-state index in [1.165, 1.54) is 18.9 Å². The fourth-order valence-electron chi connectivity index (χ4n) is 1.87. The third kappa shape index (κ3) is 4.68. The predicted molar refractivity (Wildman–Crippen MR) is 81.5 cm³/mol. The number of nitrogens with zero attached hydrogens (tertiary/aromatic N) is 1. The van der Waals surface area contributed by atoms with E-state index in [1.54, 1.807) is 23.9 Å². The SMILES string of the molecule is CSCCCOc1cc(CNC2CC2)ccc1[N+](=O)[O-]. The minimum atomic E-state index is -0.387. The number of benzene rings is 1. The van der Waals surface area contributed by atoms with Gasteiger partial charge in [-0.2, -0.15) is 11.8 Å². The van der Waals surface area contributed by atoms with E-state index in [2.05, 4.69) is 5.32 Å². The van der Waals surface area contributed by atoms with Gasteiger partial charge in [-0.1, -0.05) is 6.07 Å². The molecule has 0 heterocycles. The molecule has 0 spiro atoms. The fraction of sp³-hybridized carbons (Fsp3) is 0.571. The molecule has 110 valence electrons. The molecule has 1 saturated carbocycles. The van der Waals surface area contributed by atoms with Gasteiger partial charge in [-0.25, -0.2) is 0 Å². The topological polar surface area (TPSA) is 64.4 Å². The Morgan fingerprint density at radius 1 is 1.50 bits per heavy atom. The number of rotatable bonds is 9. The van der Waals surface area contributed by atoms with Crippen molar-refractivity contribution in [1.29, 1.82) is 0 Å². The quantitative estimate of drug-likeness (QED) is 0.431. The summed E-state index contributed by atoms with van der Waals surface area (Å²) < 4.78 is 5.58. The zero-order chi connectivity index (χ0) is 14.4. The molecule has 1 N–H and O–H groups in total. The summed E-state index contributed by atoms with van der Waals surface area (Å²) in [4.78, 5) is 10.6. The molecular formula is C14H20N2O3S. The zero-order valence-corrected chi connectivity index (χ0v) is 12.4. The molecule has 0 aromatic heterocycles. The molecule has 0 atom stereocenters. The van der Waals surface area contributed by atoms with Crippen molar-refractivity contribution in [2.24, 2.45) is 0 Å². The molecule has 0 unspecified atom stereocenters. The Morgan fingerprint density at radius 2 is 2.30 bits per heavy atom. The molecule has 1 aliphatic carbocycles. The Balaban J connectivity index is 1.98. The van der Waals surface area contributed by atoms with Crippen LogP contribution in [0.2, 0.25) is 0 Å². The van der Waals surface area contributed by atoms with E-state index in [0.29, 0.717) is 18.4 Å². The molecule has 2 rings (SSSR count). The van der Waals surface area contributed by atoms with E-state index in [0.717, 1.165) is 24.3 Å². The van der Waals surface area contributed by atoms with Gasteiger partial charge in [0, 0.05) is 18.7 Å². The fourth-order valence-corrected chi connectivity index (χ4v) is 2.28. The second-order valence-electron chi connectivity index (χ2n) is 4.91. The van der Waals surface area contributed by atoms with Crippen LogP contribution in [-0.2, 0) is 6.54 Å². The van der Waals surface area contributed by atoms with Crippen molar-refractivity contribution < 1.29 is 9.66 Å². The number of hydrogen-bond acceptors (Lipinski definition) is 5. The first kappa shape index (κ1) is 15.1. The van der Waals surface area contributed by atoms with Gasteiger partial charge in [0.2, 0.25) is 0 Å². The van der Waals surface area contributed by atoms with E-state index < -0.39 is 0 Å². The summed E-state index contributed by atoms with van der Waals surface area (Å²) in [6.07, 6.45) is 5.38. The van der Waals surface area contributed by atoms with Gasteiger partial charge in [-0.3, -0.25) is 10.1 Å². The minimum Gasteiger partial charge on any atom is -0.487 e. The Bertz CT molecular complexity index is 464. The summed E-state index contributed by atoms with van der Waals surface area (Å²) >= 11 is 1.74. The van der Waals surface area contributed by atoms with Gasteiger partial charge in [0.05, 0.1) is 11.5 Å². The molecular weight excluding hydrogens is 276 g/mol. The van der Waals surface area contributed by atoms with Gasteiger partial charge >= 0.3 is 5.69 Å². The zero-order valence-electron chi connectivity index (χ0n) is 11.6. The van der Waals surface area contributed by atoms with E-state index in [9.17, 15) is 10.1 Å². The second-order valence-corrected chi connectivity index (χ2v) is 5.89. The van der Waals surface area contributed by atoms with Crippen LogP contribution in [0.15, 0.2) is 18.2 Å². The standard InChI is InChI=1S/C14H20N2O3S/c1-20-8-2-7-19-14-9-11(10-15-12-4-5-12)3-6-13(14)16(17)18/h3,6,9,12,15H,2,4-5,7-8,10H2,1H3. The van der Waals surface area contributed by atoms with Crippen molar-refractivity contribution in [2.45, 2.75) is 31.8 Å². The molecule has 0 radical (unpaired) electrons. The number of hydrogen-bond donors (Lipinski definition) is 1. The summed E-state index contributed by atoms with van der Waals surface area (Å²) in [6, 6.07) is 5.74. The largest absolute Gasteiger partial charge is 0.487 e. The van der Waals surface area contributed by atoms with Crippen LogP contribution in [0.5, 0.6) is 5.75 Å². The van der Waals surface area contributed by atoms with E-state index in [1.807, 2.05) is 6.26 Å². The van der Waals surface area contributed by atoms with Gasteiger partial charge in [0.25, 0.3) is 0 Å². The number of thioether (sulfide) groups is 1. The minimum absolute atomic E-state index is 0.0457. The Kier molecular flexibility index (Phi) is 5.67. The summed E-state index contributed by atoms with van der Waals surface area (Å²) in [6.45, 7) is 1.25. The van der Waals surface area contributed by atoms with Gasteiger partial charge in [-0.05, 0) is 42.9 Å². The maximum Gasteiger partial charge on any atom is 0.310 e. The third-order valence-corrected chi connectivity index (χ3v) is 3.84. The summed E-state index contributed by atoms with van der Waals surface area (Å²) in [5.74, 6) is 1.38. The van der Waals surface area contributed by atoms with Crippen LogP contribution in [0, 0.1) is 10.1 Å². The molecule has 0 amide bonds. The molecule has 5 nitrogen and oxygen atoms in total. The average molecular weight is 296 g/mol. The average Bonchev–Trinajstić information content (AvgIpc) is 3.25. The van der Waals surface area contributed by atoms with Gasteiger partial charge < -0.3 is 10.1 Å². The maximum atomic E-state index is 11.0. The van der Waals surface area contributed by atoms with Crippen molar-refractivity contribution in [2.75, 3.05) is 18.6 Å². The predicted octanol–water partition coefficient (Wildman–Crippen LogP) is 2.98. The van der Waals surface area contributed by atoms with E-state index >= 15 is 0 Å². The van der Waals surface area contributed by atoms with Crippen LogP contribution in [0.25, 0.3) is 0 Å². The van der Waals surface area contributed by atoms with Crippen molar-refractivity contribution in [3.63, 3.8) is 0 Å². The summed E-state index contributed by atoms with van der Waals surface area (Å²) in [5, 5.41) is 14.4. The van der Waals surface area contributed by atoms with Crippen LogP contribution >= 0.6 is 11.8 Å². The lowest BCUT2D eigenvalue weighted by atomic mass is 10.2. The molecule has 0 bridgehead atoms. The number of ether oxygens (including phenoxy) is 1. The first-order valence-electron chi connectivity index (χ1n) is 6.83. The number of nitro groups is 1. The van der Waals surface area contributed by atoms with Crippen LogP contribution in [0.3, 0.4) is 0 Å². The lowest BCUT2D eigenvalue weighted by Gasteiger charge is -2.09.